The fourth-order valence-corrected chi connectivity index (χ4v) is 11.6. The Bertz CT molecular complexity index is 4050. The van der Waals surface area contributed by atoms with E-state index < -0.39 is 6.04 Å². The summed E-state index contributed by atoms with van der Waals surface area (Å²) in [6, 6.07) is 50.2. The number of hydrogen-bond donors (Lipinski definition) is 1. The van der Waals surface area contributed by atoms with Crippen LogP contribution in [0.5, 0.6) is 11.5 Å². The largest absolute Gasteiger partial charge is 0.497 e. The first-order chi connectivity index (χ1) is 40.0. The van der Waals surface area contributed by atoms with Crippen molar-refractivity contribution < 1.29 is 38.2 Å². The molecule has 420 valence electrons. The summed E-state index contributed by atoms with van der Waals surface area (Å²) in [4.78, 5) is 92.5. The lowest BCUT2D eigenvalue weighted by Crippen LogP contribution is -2.45. The first-order valence-corrected chi connectivity index (χ1v) is 28.0. The number of piperidine rings is 2. The maximum absolute atomic E-state index is 13.5. The highest BCUT2D eigenvalue weighted by Gasteiger charge is 2.37. The summed E-state index contributed by atoms with van der Waals surface area (Å²) >= 11 is 3.29. The minimum absolute atomic E-state index is 0. The van der Waals surface area contributed by atoms with Gasteiger partial charge in [-0.3, -0.25) is 38.6 Å². The van der Waals surface area contributed by atoms with E-state index in [2.05, 4.69) is 54.1 Å². The molecule has 3 atom stereocenters. The standard InChI is InChI=1S/C24H21N3O3.C17H14N2O2.C13H14BrNO3.C11H8N2.CH4/c1-30-17-10-8-16(9-11-17)15-26-22(28)13-12-21(24(26)29)27-20-7-3-2-5-18(20)19-6-4-14-25-23(19)27;20-11-7-8-15(16(21)10-11)19-14-6-2-1-4-12(14)13-5-3-9-18-17(13)19;1-18-10-4-2-9(3-5-10)8-15-12(16)7-6-11(14)13(15)17;1-2-6-10-8(4-1)9-5-3-7-12-11(9)13-10;/h2-11,14,21H,12-13,15H2,1H3;1-6,9,15H,7-8,10H2;2-5,11H,6-8H2,1H3;1-7H,(H,12,13);1H4. The molecule has 1 aliphatic carbocycles. The molecular weight excluding hydrogens is 1110 g/mol. The van der Waals surface area contributed by atoms with Crippen LogP contribution in [-0.4, -0.2) is 93.1 Å². The van der Waals surface area contributed by atoms with Gasteiger partial charge in [0.15, 0.2) is 5.78 Å². The van der Waals surface area contributed by atoms with E-state index in [1.807, 2.05) is 149 Å². The summed E-state index contributed by atoms with van der Waals surface area (Å²) in [5.41, 5.74) is 7.49. The van der Waals surface area contributed by atoms with Gasteiger partial charge < -0.3 is 23.6 Å². The van der Waals surface area contributed by atoms with Crippen LogP contribution in [0.1, 0.15) is 75.6 Å². The number of Topliss-reactive ketones (excluding diaryl/α,β-unsaturated/α-hetero) is 2. The van der Waals surface area contributed by atoms with Gasteiger partial charge in [-0.15, -0.1) is 0 Å². The van der Waals surface area contributed by atoms with Gasteiger partial charge in [-0.1, -0.05) is 102 Å². The molecule has 1 saturated carbocycles. The van der Waals surface area contributed by atoms with Gasteiger partial charge in [0.1, 0.15) is 40.3 Å². The van der Waals surface area contributed by atoms with Crippen LogP contribution in [0.25, 0.3) is 65.8 Å². The molecule has 16 nitrogen and oxygen atoms in total. The van der Waals surface area contributed by atoms with Crippen molar-refractivity contribution in [2.45, 2.75) is 82.4 Å². The molecule has 3 fully saturated rings. The van der Waals surface area contributed by atoms with E-state index in [-0.39, 0.29) is 66.5 Å². The van der Waals surface area contributed by atoms with Gasteiger partial charge in [-0.2, -0.15) is 0 Å². The molecule has 0 bridgehead atoms. The van der Waals surface area contributed by atoms with Gasteiger partial charge in [0.25, 0.3) is 5.91 Å². The summed E-state index contributed by atoms with van der Waals surface area (Å²) in [6.07, 6.45) is 8.17. The number of aromatic nitrogens is 6. The molecule has 0 radical (unpaired) electrons. The number of ether oxygens (including phenoxy) is 2. The van der Waals surface area contributed by atoms with Crippen molar-refractivity contribution in [3.63, 3.8) is 0 Å². The molecule has 2 aliphatic heterocycles. The zero-order valence-electron chi connectivity index (χ0n) is 45.1. The quantitative estimate of drug-likeness (QED) is 0.0865. The number of fused-ring (bicyclic) bond motifs is 9. The third kappa shape index (κ3) is 11.8. The van der Waals surface area contributed by atoms with Crippen LogP contribution in [0.3, 0.4) is 0 Å². The number of ketones is 2. The second kappa shape index (κ2) is 25.2. The summed E-state index contributed by atoms with van der Waals surface area (Å²) in [6.45, 7) is 0.576. The molecule has 8 heterocycles. The van der Waals surface area contributed by atoms with Crippen molar-refractivity contribution in [3.8, 4) is 11.5 Å². The summed E-state index contributed by atoms with van der Waals surface area (Å²) < 4.78 is 14.3. The topological polar surface area (TPSA) is 192 Å². The van der Waals surface area contributed by atoms with Crippen molar-refractivity contribution in [2.75, 3.05) is 14.2 Å². The van der Waals surface area contributed by atoms with Gasteiger partial charge in [0.2, 0.25) is 17.7 Å². The number of amides is 4. The van der Waals surface area contributed by atoms with Crippen LogP contribution in [0.2, 0.25) is 0 Å². The Kier molecular flexibility index (Phi) is 17.3. The first-order valence-electron chi connectivity index (χ1n) is 27.1. The van der Waals surface area contributed by atoms with Crippen LogP contribution in [0.15, 0.2) is 176 Å². The van der Waals surface area contributed by atoms with E-state index in [9.17, 15) is 28.8 Å². The molecule has 3 unspecified atom stereocenters. The number of hydrogen-bond acceptors (Lipinski definition) is 11. The molecule has 4 amide bonds. The molecular formula is C66H61BrN8O8. The Labute approximate surface area is 487 Å². The number of aromatic amines is 1. The Hall–Kier alpha value is -9.35. The number of pyridine rings is 3. The number of alkyl halides is 1. The molecule has 11 aromatic rings. The minimum Gasteiger partial charge on any atom is -0.497 e. The van der Waals surface area contributed by atoms with Gasteiger partial charge in [0.05, 0.1) is 55.6 Å². The zero-order valence-corrected chi connectivity index (χ0v) is 46.7. The highest BCUT2D eigenvalue weighted by molar-refractivity contribution is 9.10. The number of imide groups is 2. The zero-order chi connectivity index (χ0) is 56.9. The van der Waals surface area contributed by atoms with Crippen LogP contribution in [0.4, 0.5) is 0 Å². The SMILES string of the molecule is C.COc1ccc(CN2C(=O)CCC(Br)C2=O)cc1.COc1ccc(CN2C(=O)CCC(n3c4ccccc4c4cccnc43)C2=O)cc1.O=C1CCC(n2c3ccccc3c3cccnc32)C(=O)C1.c1ccc2c(c1)[nH]c1ncccc12. The number of rotatable bonds is 8. The Morgan fingerprint density at radius 3 is 1.51 bits per heavy atom. The highest BCUT2D eigenvalue weighted by Crippen LogP contribution is 2.37. The van der Waals surface area contributed by atoms with Crippen molar-refractivity contribution >= 4 is 117 Å². The van der Waals surface area contributed by atoms with Crippen LogP contribution in [0, 0.1) is 0 Å². The molecule has 6 aromatic heterocycles. The molecule has 3 aliphatic rings. The van der Waals surface area contributed by atoms with Gasteiger partial charge >= 0.3 is 0 Å². The number of nitrogens with one attached hydrogen (secondary N) is 1. The molecule has 0 spiro atoms. The molecule has 1 N–H and O–H groups in total. The van der Waals surface area contributed by atoms with E-state index >= 15 is 0 Å². The highest BCUT2D eigenvalue weighted by atomic mass is 79.9. The number of carbonyl (C=O) groups is 6. The predicted molar refractivity (Wildman–Crippen MR) is 325 cm³/mol. The third-order valence-corrected chi connectivity index (χ3v) is 16.1. The van der Waals surface area contributed by atoms with E-state index in [1.54, 1.807) is 32.8 Å². The van der Waals surface area contributed by atoms with E-state index in [4.69, 9.17) is 9.47 Å². The summed E-state index contributed by atoms with van der Waals surface area (Å²) in [5.74, 6) is 0.965. The molecule has 2 saturated heterocycles. The van der Waals surface area contributed by atoms with Crippen LogP contribution in [-0.2, 0) is 41.9 Å². The minimum atomic E-state index is -0.460. The predicted octanol–water partition coefficient (Wildman–Crippen LogP) is 12.6. The smallest absolute Gasteiger partial charge is 0.252 e. The van der Waals surface area contributed by atoms with Gasteiger partial charge in [-0.25, -0.2) is 15.0 Å². The number of methoxy groups -OCH3 is 2. The lowest BCUT2D eigenvalue weighted by molar-refractivity contribution is -0.152. The summed E-state index contributed by atoms with van der Waals surface area (Å²) in [7, 11) is 3.21. The van der Waals surface area contributed by atoms with Crippen molar-refractivity contribution in [1.82, 2.24) is 38.9 Å². The van der Waals surface area contributed by atoms with E-state index in [0.717, 1.165) is 77.7 Å². The Morgan fingerprint density at radius 1 is 0.494 bits per heavy atom. The fraction of sp³-hybridized carbons (Fsp3) is 0.227. The maximum atomic E-state index is 13.5. The van der Waals surface area contributed by atoms with E-state index in [1.165, 1.54) is 20.6 Å². The second-order valence-electron chi connectivity index (χ2n) is 20.2. The normalized spacial score (nSPS) is 17.2. The number of H-pyrrole nitrogens is 1. The number of benzene rings is 5. The first kappa shape index (κ1) is 56.9. The molecule has 17 heteroatoms. The summed E-state index contributed by atoms with van der Waals surface area (Å²) in [5, 5.41) is 6.67. The molecule has 83 heavy (non-hydrogen) atoms. The molecule has 14 rings (SSSR count). The third-order valence-electron chi connectivity index (χ3n) is 15.2. The fourth-order valence-electron chi connectivity index (χ4n) is 11.1. The van der Waals surface area contributed by atoms with Crippen molar-refractivity contribution in [3.05, 3.63) is 187 Å². The van der Waals surface area contributed by atoms with Crippen molar-refractivity contribution in [1.29, 1.82) is 0 Å². The van der Waals surface area contributed by atoms with Crippen LogP contribution >= 0.6 is 15.9 Å². The number of para-hydroxylation sites is 3. The second-order valence-corrected chi connectivity index (χ2v) is 21.3. The van der Waals surface area contributed by atoms with Gasteiger partial charge in [-0.05, 0) is 109 Å². The lowest BCUT2D eigenvalue weighted by atomic mass is 9.93. The number of carbonyl (C=O) groups excluding carboxylic acids is 6. The average molecular weight is 1170 g/mol. The van der Waals surface area contributed by atoms with Crippen LogP contribution < -0.4 is 9.47 Å². The lowest BCUT2D eigenvalue weighted by Gasteiger charge is -2.32. The van der Waals surface area contributed by atoms with E-state index in [0.29, 0.717) is 45.1 Å². The maximum Gasteiger partial charge on any atom is 0.252 e. The average Bonchev–Trinajstić information content (AvgIpc) is 3.00. The molecule has 5 aromatic carbocycles. The Balaban J connectivity index is 0.000000128. The van der Waals surface area contributed by atoms with Gasteiger partial charge in [0, 0.05) is 75.7 Å². The number of halogens is 1. The Morgan fingerprint density at radius 2 is 0.952 bits per heavy atom. The number of likely N-dealkylation sites (tertiary alicyclic amines) is 2. The monoisotopic (exact) mass is 1170 g/mol. The van der Waals surface area contributed by atoms with Crippen molar-refractivity contribution in [2.24, 2.45) is 0 Å². The number of nitrogens with zero attached hydrogens (tertiary/aromatic N) is 7.